The van der Waals surface area contributed by atoms with Gasteiger partial charge < -0.3 is 14.2 Å². The molecule has 0 radical (unpaired) electrons. The Morgan fingerprint density at radius 1 is 1.19 bits per heavy atom. The van der Waals surface area contributed by atoms with Crippen molar-refractivity contribution in [1.29, 1.82) is 0 Å². The predicted octanol–water partition coefficient (Wildman–Crippen LogP) is 4.98. The summed E-state index contributed by atoms with van der Waals surface area (Å²) in [6, 6.07) is 8.10. The van der Waals surface area contributed by atoms with E-state index in [1.54, 1.807) is 23.1 Å². The first-order chi connectivity index (χ1) is 15.6. The van der Waals surface area contributed by atoms with Gasteiger partial charge in [0.05, 0.1) is 11.9 Å². The standard InChI is InChI=1S/C22H26N6O2S2/c1-14(2)19-24-20(30-26-19)15-8-10-27(11-9-15)22-25-28-12-16(23-21(28)32-22)13-29-17-4-6-18(31-3)7-5-17/h4-7,12,14-15H,8-11,13H2,1-3H3. The molecule has 10 heteroatoms. The van der Waals surface area contributed by atoms with Crippen LogP contribution in [0.2, 0.25) is 0 Å². The normalized spacial score (nSPS) is 15.2. The Hall–Kier alpha value is -2.59. The average Bonchev–Trinajstić information content (AvgIpc) is 3.53. The number of fused-ring (bicyclic) bond motifs is 1. The lowest BCUT2D eigenvalue weighted by molar-refractivity contribution is 0.302. The Bertz CT molecular complexity index is 1140. The lowest BCUT2D eigenvalue weighted by Crippen LogP contribution is -2.33. The van der Waals surface area contributed by atoms with Gasteiger partial charge in [-0.1, -0.05) is 30.3 Å². The van der Waals surface area contributed by atoms with Crippen molar-refractivity contribution in [3.63, 3.8) is 0 Å². The topological polar surface area (TPSA) is 81.6 Å². The van der Waals surface area contributed by atoms with Gasteiger partial charge in [0.1, 0.15) is 12.4 Å². The summed E-state index contributed by atoms with van der Waals surface area (Å²) >= 11 is 3.33. The zero-order valence-corrected chi connectivity index (χ0v) is 20.0. The van der Waals surface area contributed by atoms with Gasteiger partial charge in [-0.05, 0) is 43.4 Å². The number of anilines is 1. The molecule has 1 aliphatic rings. The molecular formula is C22H26N6O2S2. The van der Waals surface area contributed by atoms with Crippen LogP contribution in [0.25, 0.3) is 4.96 Å². The lowest BCUT2D eigenvalue weighted by Gasteiger charge is -2.29. The third-order valence-electron chi connectivity index (χ3n) is 5.62. The quantitative estimate of drug-likeness (QED) is 0.350. The van der Waals surface area contributed by atoms with Gasteiger partial charge >= 0.3 is 0 Å². The summed E-state index contributed by atoms with van der Waals surface area (Å²) in [5.74, 6) is 3.02. The van der Waals surface area contributed by atoms with Gasteiger partial charge in [-0.2, -0.15) is 4.98 Å². The number of hydrogen-bond acceptors (Lipinski definition) is 9. The zero-order chi connectivity index (χ0) is 22.1. The van der Waals surface area contributed by atoms with Crippen LogP contribution in [0.15, 0.2) is 39.9 Å². The van der Waals surface area contributed by atoms with Crippen molar-refractivity contribution in [3.8, 4) is 5.75 Å². The Morgan fingerprint density at radius 3 is 2.62 bits per heavy atom. The number of hydrogen-bond donors (Lipinski definition) is 0. The van der Waals surface area contributed by atoms with Gasteiger partial charge in [0, 0.05) is 29.8 Å². The third-order valence-corrected chi connectivity index (χ3v) is 7.34. The minimum atomic E-state index is 0.287. The molecule has 1 aromatic carbocycles. The summed E-state index contributed by atoms with van der Waals surface area (Å²) in [4.78, 5) is 13.7. The maximum Gasteiger partial charge on any atom is 0.229 e. The zero-order valence-electron chi connectivity index (χ0n) is 18.4. The van der Waals surface area contributed by atoms with Gasteiger partial charge in [0.15, 0.2) is 5.82 Å². The monoisotopic (exact) mass is 470 g/mol. The highest BCUT2D eigenvalue weighted by molar-refractivity contribution is 7.98. The molecule has 4 heterocycles. The molecule has 0 unspecified atom stereocenters. The fraction of sp³-hybridized carbons (Fsp3) is 0.455. The van der Waals surface area contributed by atoms with E-state index in [9.17, 15) is 0 Å². The van der Waals surface area contributed by atoms with Gasteiger partial charge in [-0.15, -0.1) is 16.9 Å². The number of imidazole rings is 1. The van der Waals surface area contributed by atoms with E-state index in [1.165, 1.54) is 4.90 Å². The van der Waals surface area contributed by atoms with Crippen molar-refractivity contribution < 1.29 is 9.26 Å². The summed E-state index contributed by atoms with van der Waals surface area (Å²) in [5, 5.41) is 9.86. The fourth-order valence-electron chi connectivity index (χ4n) is 3.73. The molecule has 3 aromatic heterocycles. The molecule has 1 saturated heterocycles. The van der Waals surface area contributed by atoms with Crippen LogP contribution in [0.3, 0.4) is 0 Å². The molecule has 32 heavy (non-hydrogen) atoms. The van der Waals surface area contributed by atoms with Crippen LogP contribution in [-0.4, -0.2) is 44.1 Å². The minimum Gasteiger partial charge on any atom is -0.487 e. The first-order valence-electron chi connectivity index (χ1n) is 10.8. The molecular weight excluding hydrogens is 444 g/mol. The molecule has 5 rings (SSSR count). The number of ether oxygens (including phenoxy) is 1. The smallest absolute Gasteiger partial charge is 0.229 e. The Morgan fingerprint density at radius 2 is 1.97 bits per heavy atom. The fourth-order valence-corrected chi connectivity index (χ4v) is 5.09. The molecule has 8 nitrogen and oxygen atoms in total. The van der Waals surface area contributed by atoms with Crippen LogP contribution < -0.4 is 9.64 Å². The third kappa shape index (κ3) is 4.47. The van der Waals surface area contributed by atoms with Gasteiger partial charge in [-0.25, -0.2) is 9.50 Å². The van der Waals surface area contributed by atoms with E-state index in [-0.39, 0.29) is 5.92 Å². The maximum atomic E-state index is 5.87. The van der Waals surface area contributed by atoms with E-state index in [1.807, 2.05) is 22.8 Å². The molecule has 0 aliphatic carbocycles. The summed E-state index contributed by atoms with van der Waals surface area (Å²) in [6.07, 6.45) is 5.98. The van der Waals surface area contributed by atoms with Crippen LogP contribution >= 0.6 is 23.1 Å². The van der Waals surface area contributed by atoms with Crippen molar-refractivity contribution in [3.05, 3.63) is 47.9 Å². The average molecular weight is 471 g/mol. The second-order valence-electron chi connectivity index (χ2n) is 8.22. The van der Waals surface area contributed by atoms with Crippen molar-refractivity contribution in [2.24, 2.45) is 0 Å². The van der Waals surface area contributed by atoms with Gasteiger partial charge in [0.25, 0.3) is 0 Å². The highest BCUT2D eigenvalue weighted by Gasteiger charge is 2.27. The number of rotatable bonds is 7. The van der Waals surface area contributed by atoms with Crippen LogP contribution in [0.1, 0.15) is 55.9 Å². The highest BCUT2D eigenvalue weighted by Crippen LogP contribution is 2.32. The first-order valence-corrected chi connectivity index (χ1v) is 12.8. The van der Waals surface area contributed by atoms with Crippen LogP contribution in [0.4, 0.5) is 5.13 Å². The number of piperidine rings is 1. The summed E-state index contributed by atoms with van der Waals surface area (Å²) in [6.45, 7) is 6.43. The number of aromatic nitrogens is 5. The SMILES string of the molecule is CSc1ccc(OCc2cn3nc(N4CCC(c5nc(C(C)C)no5)CC4)sc3n2)cc1. The van der Waals surface area contributed by atoms with Gasteiger partial charge in [0.2, 0.25) is 16.0 Å². The van der Waals surface area contributed by atoms with E-state index in [0.29, 0.717) is 12.5 Å². The Kier molecular flexibility index (Phi) is 6.05. The molecule has 1 aliphatic heterocycles. The lowest BCUT2D eigenvalue weighted by atomic mass is 9.97. The second-order valence-corrected chi connectivity index (χ2v) is 10.0. The molecule has 168 valence electrons. The Balaban J connectivity index is 1.18. The minimum absolute atomic E-state index is 0.287. The summed E-state index contributed by atoms with van der Waals surface area (Å²) in [7, 11) is 0. The Labute approximate surface area is 195 Å². The molecule has 0 atom stereocenters. The van der Waals surface area contributed by atoms with Crippen LogP contribution in [0, 0.1) is 0 Å². The molecule has 0 bridgehead atoms. The number of thioether (sulfide) groups is 1. The van der Waals surface area contributed by atoms with Crippen LogP contribution in [0.5, 0.6) is 5.75 Å². The van der Waals surface area contributed by atoms with Crippen molar-refractivity contribution in [1.82, 2.24) is 24.7 Å². The molecule has 0 saturated carbocycles. The largest absolute Gasteiger partial charge is 0.487 e. The molecule has 1 fully saturated rings. The van der Waals surface area contributed by atoms with Gasteiger partial charge in [-0.3, -0.25) is 0 Å². The summed E-state index contributed by atoms with van der Waals surface area (Å²) < 4.78 is 13.2. The van der Waals surface area contributed by atoms with Crippen molar-refractivity contribution in [2.75, 3.05) is 24.2 Å². The molecule has 0 amide bonds. The van der Waals surface area contributed by atoms with E-state index in [4.69, 9.17) is 14.4 Å². The highest BCUT2D eigenvalue weighted by atomic mass is 32.2. The number of nitrogens with zero attached hydrogens (tertiary/aromatic N) is 6. The maximum absolute atomic E-state index is 5.87. The van der Waals surface area contributed by atoms with E-state index in [0.717, 1.165) is 59.2 Å². The molecule has 4 aromatic rings. The van der Waals surface area contributed by atoms with Crippen molar-refractivity contribution in [2.45, 2.75) is 50.0 Å². The van der Waals surface area contributed by atoms with Crippen molar-refractivity contribution >= 4 is 33.2 Å². The van der Waals surface area contributed by atoms with E-state index in [2.05, 4.69) is 52.3 Å². The van der Waals surface area contributed by atoms with E-state index < -0.39 is 0 Å². The molecule has 0 N–H and O–H groups in total. The number of benzene rings is 1. The predicted molar refractivity (Wildman–Crippen MR) is 126 cm³/mol. The molecule has 0 spiro atoms. The van der Waals surface area contributed by atoms with E-state index >= 15 is 0 Å². The second kappa shape index (κ2) is 9.11. The summed E-state index contributed by atoms with van der Waals surface area (Å²) in [5.41, 5.74) is 0.875. The van der Waals surface area contributed by atoms with Crippen LogP contribution in [-0.2, 0) is 6.61 Å². The first kappa shape index (κ1) is 21.3.